The van der Waals surface area contributed by atoms with Gasteiger partial charge in [0.05, 0.1) is 0 Å². The minimum absolute atomic E-state index is 0.319. The molecule has 0 radical (unpaired) electrons. The lowest BCUT2D eigenvalue weighted by Gasteiger charge is -2.27. The molecule has 18 heavy (non-hydrogen) atoms. The molecule has 0 spiro atoms. The van der Waals surface area contributed by atoms with E-state index in [0.717, 1.165) is 19.5 Å². The molecule has 0 amide bonds. The minimum atomic E-state index is 0.319. The van der Waals surface area contributed by atoms with Crippen molar-refractivity contribution in [3.63, 3.8) is 0 Å². The van der Waals surface area contributed by atoms with Crippen LogP contribution in [0.1, 0.15) is 49.4 Å². The first-order valence-corrected chi connectivity index (χ1v) is 7.13. The van der Waals surface area contributed by atoms with Crippen LogP contribution in [0.15, 0.2) is 12.1 Å². The van der Waals surface area contributed by atoms with Crippen molar-refractivity contribution in [3.8, 4) is 0 Å². The first-order chi connectivity index (χ1) is 8.35. The predicted octanol–water partition coefficient (Wildman–Crippen LogP) is 4.18. The van der Waals surface area contributed by atoms with E-state index >= 15 is 0 Å². The summed E-state index contributed by atoms with van der Waals surface area (Å²) in [4.78, 5) is 0. The second kappa shape index (κ2) is 6.38. The number of benzene rings is 1. The summed E-state index contributed by atoms with van der Waals surface area (Å²) in [5.41, 5.74) is 6.10. The average molecular weight is 247 g/mol. The molecule has 0 fully saturated rings. The maximum absolute atomic E-state index is 3.55. The van der Waals surface area contributed by atoms with Crippen LogP contribution >= 0.6 is 0 Å². The summed E-state index contributed by atoms with van der Waals surface area (Å²) in [5, 5.41) is 3.55. The fraction of sp³-hybridized carbons (Fsp3) is 0.647. The van der Waals surface area contributed by atoms with E-state index in [1.807, 2.05) is 0 Å². The summed E-state index contributed by atoms with van der Waals surface area (Å²) in [7, 11) is 0. The molecule has 0 aliphatic rings. The third-order valence-corrected chi connectivity index (χ3v) is 3.53. The molecule has 0 aliphatic heterocycles. The minimum Gasteiger partial charge on any atom is -0.316 e. The second-order valence-corrected chi connectivity index (χ2v) is 6.40. The standard InChI is InChI=1S/C17H29N/c1-7-8-18-12-17(5,6)11-16-14(3)9-13(2)10-15(16)4/h9-10,18H,7-8,11-12H2,1-6H3. The van der Waals surface area contributed by atoms with Crippen LogP contribution < -0.4 is 5.32 Å². The van der Waals surface area contributed by atoms with Gasteiger partial charge in [0.15, 0.2) is 0 Å². The van der Waals surface area contributed by atoms with Crippen molar-refractivity contribution in [1.29, 1.82) is 0 Å². The van der Waals surface area contributed by atoms with E-state index in [2.05, 4.69) is 59.0 Å². The third-order valence-electron chi connectivity index (χ3n) is 3.53. The fourth-order valence-electron chi connectivity index (χ4n) is 2.63. The van der Waals surface area contributed by atoms with Gasteiger partial charge in [-0.1, -0.05) is 38.5 Å². The number of hydrogen-bond acceptors (Lipinski definition) is 1. The molecule has 0 atom stereocenters. The van der Waals surface area contributed by atoms with E-state index in [1.54, 1.807) is 0 Å². The van der Waals surface area contributed by atoms with Crippen LogP contribution in [0.3, 0.4) is 0 Å². The Morgan fingerprint density at radius 3 is 2.11 bits per heavy atom. The first-order valence-electron chi connectivity index (χ1n) is 7.13. The van der Waals surface area contributed by atoms with Crippen LogP contribution in [-0.4, -0.2) is 13.1 Å². The highest BCUT2D eigenvalue weighted by Crippen LogP contribution is 2.26. The molecule has 102 valence electrons. The zero-order valence-corrected chi connectivity index (χ0v) is 13.0. The van der Waals surface area contributed by atoms with E-state index in [0.29, 0.717) is 5.41 Å². The average Bonchev–Trinajstić information content (AvgIpc) is 2.23. The Morgan fingerprint density at radius 2 is 1.61 bits per heavy atom. The van der Waals surface area contributed by atoms with Gasteiger partial charge < -0.3 is 5.32 Å². The van der Waals surface area contributed by atoms with E-state index < -0.39 is 0 Å². The van der Waals surface area contributed by atoms with Crippen LogP contribution in [0, 0.1) is 26.2 Å². The molecule has 1 aromatic carbocycles. The predicted molar refractivity (Wildman–Crippen MR) is 81.3 cm³/mol. The molecular weight excluding hydrogens is 218 g/mol. The molecule has 0 aromatic heterocycles. The van der Waals surface area contributed by atoms with Crippen LogP contribution in [0.5, 0.6) is 0 Å². The summed E-state index contributed by atoms with van der Waals surface area (Å²) < 4.78 is 0. The monoisotopic (exact) mass is 247 g/mol. The SMILES string of the molecule is CCCNCC(C)(C)Cc1c(C)cc(C)cc1C. The third kappa shape index (κ3) is 4.45. The highest BCUT2D eigenvalue weighted by Gasteiger charge is 2.20. The lowest BCUT2D eigenvalue weighted by molar-refractivity contribution is 0.338. The lowest BCUT2D eigenvalue weighted by atomic mass is 9.82. The topological polar surface area (TPSA) is 12.0 Å². The number of aryl methyl sites for hydroxylation is 3. The molecule has 1 rings (SSSR count). The van der Waals surface area contributed by atoms with E-state index in [4.69, 9.17) is 0 Å². The van der Waals surface area contributed by atoms with Crippen molar-refractivity contribution in [2.45, 2.75) is 54.4 Å². The molecule has 1 aromatic rings. The van der Waals surface area contributed by atoms with Gasteiger partial charge in [0, 0.05) is 6.54 Å². The van der Waals surface area contributed by atoms with Crippen molar-refractivity contribution in [2.75, 3.05) is 13.1 Å². The van der Waals surface area contributed by atoms with Crippen molar-refractivity contribution >= 4 is 0 Å². The largest absolute Gasteiger partial charge is 0.316 e. The Bertz CT molecular complexity index is 368. The van der Waals surface area contributed by atoms with Crippen molar-refractivity contribution < 1.29 is 0 Å². The first kappa shape index (κ1) is 15.2. The highest BCUT2D eigenvalue weighted by molar-refractivity contribution is 5.38. The van der Waals surface area contributed by atoms with Crippen LogP contribution in [0.25, 0.3) is 0 Å². The van der Waals surface area contributed by atoms with Gasteiger partial charge in [-0.2, -0.15) is 0 Å². The molecule has 0 aliphatic carbocycles. The molecule has 0 bridgehead atoms. The van der Waals surface area contributed by atoms with Gasteiger partial charge in [-0.3, -0.25) is 0 Å². The zero-order valence-electron chi connectivity index (χ0n) is 13.0. The summed E-state index contributed by atoms with van der Waals surface area (Å²) in [6, 6.07) is 4.61. The van der Waals surface area contributed by atoms with Crippen molar-refractivity contribution in [1.82, 2.24) is 5.32 Å². The van der Waals surface area contributed by atoms with Gasteiger partial charge in [-0.15, -0.1) is 0 Å². The summed E-state index contributed by atoms with van der Waals surface area (Å²) in [6.07, 6.45) is 2.36. The maximum atomic E-state index is 3.55. The van der Waals surface area contributed by atoms with Gasteiger partial charge in [-0.05, 0) is 62.3 Å². The number of rotatable bonds is 6. The molecular formula is C17H29N. The Labute approximate surface area is 113 Å². The molecule has 0 saturated heterocycles. The van der Waals surface area contributed by atoms with Gasteiger partial charge in [0.1, 0.15) is 0 Å². The van der Waals surface area contributed by atoms with Crippen molar-refractivity contribution in [2.24, 2.45) is 5.41 Å². The molecule has 0 unspecified atom stereocenters. The summed E-state index contributed by atoms with van der Waals surface area (Å²) >= 11 is 0. The van der Waals surface area contributed by atoms with Gasteiger partial charge >= 0.3 is 0 Å². The Morgan fingerprint density at radius 1 is 1.06 bits per heavy atom. The normalized spacial score (nSPS) is 11.9. The van der Waals surface area contributed by atoms with E-state index in [1.165, 1.54) is 28.7 Å². The Hall–Kier alpha value is -0.820. The molecule has 1 nitrogen and oxygen atoms in total. The Kier molecular flexibility index (Phi) is 5.40. The lowest BCUT2D eigenvalue weighted by Crippen LogP contribution is -2.32. The second-order valence-electron chi connectivity index (χ2n) is 6.40. The van der Waals surface area contributed by atoms with Gasteiger partial charge in [-0.25, -0.2) is 0 Å². The maximum Gasteiger partial charge on any atom is 0.000570 e. The highest BCUT2D eigenvalue weighted by atomic mass is 14.9. The van der Waals surface area contributed by atoms with E-state index in [-0.39, 0.29) is 0 Å². The molecule has 0 heterocycles. The molecule has 1 N–H and O–H groups in total. The summed E-state index contributed by atoms with van der Waals surface area (Å²) in [6.45, 7) is 15.8. The van der Waals surface area contributed by atoms with Gasteiger partial charge in [0.25, 0.3) is 0 Å². The smallest absolute Gasteiger partial charge is 0.000570 e. The number of hydrogen-bond donors (Lipinski definition) is 1. The fourth-order valence-corrected chi connectivity index (χ4v) is 2.63. The van der Waals surface area contributed by atoms with Gasteiger partial charge in [0.2, 0.25) is 0 Å². The van der Waals surface area contributed by atoms with Crippen LogP contribution in [0.4, 0.5) is 0 Å². The molecule has 0 saturated carbocycles. The van der Waals surface area contributed by atoms with Crippen LogP contribution in [0.2, 0.25) is 0 Å². The molecule has 1 heteroatoms. The van der Waals surface area contributed by atoms with Crippen molar-refractivity contribution in [3.05, 3.63) is 34.4 Å². The quantitative estimate of drug-likeness (QED) is 0.744. The zero-order chi connectivity index (χ0) is 13.8. The van der Waals surface area contributed by atoms with E-state index in [9.17, 15) is 0 Å². The van der Waals surface area contributed by atoms with Crippen LogP contribution in [-0.2, 0) is 6.42 Å². The Balaban J connectivity index is 2.77. The summed E-state index contributed by atoms with van der Waals surface area (Å²) in [5.74, 6) is 0. The number of nitrogens with one attached hydrogen (secondary N) is 1.